The van der Waals surface area contributed by atoms with Gasteiger partial charge in [-0.05, 0) is 37.3 Å². The monoisotopic (exact) mass is 349 g/mol. The van der Waals surface area contributed by atoms with Crippen molar-refractivity contribution in [3.63, 3.8) is 0 Å². The Hall–Kier alpha value is -2.83. The Morgan fingerprint density at radius 2 is 2.19 bits per heavy atom. The fourth-order valence-electron chi connectivity index (χ4n) is 3.45. The van der Waals surface area contributed by atoms with E-state index in [9.17, 15) is 0 Å². The summed E-state index contributed by atoms with van der Waals surface area (Å²) in [4.78, 5) is 20.3. The van der Waals surface area contributed by atoms with Crippen molar-refractivity contribution < 1.29 is 0 Å². The minimum atomic E-state index is 0.545. The molecule has 0 N–H and O–H groups in total. The van der Waals surface area contributed by atoms with E-state index in [1.807, 2.05) is 22.9 Å². The highest BCUT2D eigenvalue weighted by Crippen LogP contribution is 2.25. The third kappa shape index (κ3) is 3.71. The van der Waals surface area contributed by atoms with Gasteiger partial charge in [-0.25, -0.2) is 15.0 Å². The zero-order valence-corrected chi connectivity index (χ0v) is 15.0. The van der Waals surface area contributed by atoms with Gasteiger partial charge in [0, 0.05) is 37.6 Å². The molecule has 3 aromatic rings. The molecule has 1 aliphatic rings. The number of anilines is 1. The average Bonchev–Trinajstić information content (AvgIpc) is 3.21. The van der Waals surface area contributed by atoms with Gasteiger partial charge in [-0.3, -0.25) is 9.67 Å². The van der Waals surface area contributed by atoms with Crippen molar-refractivity contribution in [3.8, 4) is 11.5 Å². The summed E-state index contributed by atoms with van der Waals surface area (Å²) in [6.45, 7) is 5.02. The predicted molar refractivity (Wildman–Crippen MR) is 99.6 cm³/mol. The van der Waals surface area contributed by atoms with Gasteiger partial charge in [0.2, 0.25) is 0 Å². The summed E-state index contributed by atoms with van der Waals surface area (Å²) in [6, 6.07) is 7.96. The van der Waals surface area contributed by atoms with E-state index in [0.29, 0.717) is 11.7 Å². The quantitative estimate of drug-likeness (QED) is 0.705. The third-order valence-electron chi connectivity index (χ3n) is 4.78. The lowest BCUT2D eigenvalue weighted by Gasteiger charge is -2.33. The van der Waals surface area contributed by atoms with Gasteiger partial charge in [0.05, 0.1) is 0 Å². The van der Waals surface area contributed by atoms with Crippen molar-refractivity contribution in [2.75, 3.05) is 18.0 Å². The lowest BCUT2D eigenvalue weighted by Crippen LogP contribution is -2.37. The minimum Gasteiger partial charge on any atom is -0.356 e. The van der Waals surface area contributed by atoms with Gasteiger partial charge < -0.3 is 4.90 Å². The molecule has 0 radical (unpaired) electrons. The van der Waals surface area contributed by atoms with E-state index in [-0.39, 0.29) is 0 Å². The van der Waals surface area contributed by atoms with Crippen LogP contribution in [0, 0.1) is 5.92 Å². The lowest BCUT2D eigenvalue weighted by molar-refractivity contribution is 0.350. The number of pyridine rings is 1. The average molecular weight is 349 g/mol. The zero-order chi connectivity index (χ0) is 17.8. The molecule has 134 valence electrons. The van der Waals surface area contributed by atoms with E-state index in [0.717, 1.165) is 49.7 Å². The lowest BCUT2D eigenvalue weighted by atomic mass is 9.98. The normalized spacial score (nSPS) is 17.4. The molecule has 1 atom stereocenters. The van der Waals surface area contributed by atoms with Crippen molar-refractivity contribution in [1.82, 2.24) is 29.7 Å². The maximum absolute atomic E-state index is 4.82. The zero-order valence-electron chi connectivity index (χ0n) is 15.0. The first kappa shape index (κ1) is 16.6. The maximum atomic E-state index is 4.82. The number of piperidine rings is 1. The van der Waals surface area contributed by atoms with Crippen LogP contribution in [-0.2, 0) is 13.0 Å². The molecule has 1 aliphatic heterocycles. The van der Waals surface area contributed by atoms with Gasteiger partial charge in [0.15, 0.2) is 5.82 Å². The second kappa shape index (κ2) is 7.59. The Labute approximate surface area is 153 Å². The number of rotatable bonds is 5. The Morgan fingerprint density at radius 3 is 2.96 bits per heavy atom. The van der Waals surface area contributed by atoms with E-state index in [1.54, 1.807) is 18.9 Å². The predicted octanol–water partition coefficient (Wildman–Crippen LogP) is 2.61. The molecule has 0 bridgehead atoms. The highest BCUT2D eigenvalue weighted by molar-refractivity contribution is 5.53. The summed E-state index contributed by atoms with van der Waals surface area (Å²) in [5.41, 5.74) is 1.87. The van der Waals surface area contributed by atoms with Gasteiger partial charge in [0.1, 0.15) is 24.2 Å². The molecule has 4 rings (SSSR count). The first-order valence-electron chi connectivity index (χ1n) is 9.18. The molecule has 7 heteroatoms. The van der Waals surface area contributed by atoms with Crippen LogP contribution in [0.3, 0.4) is 0 Å². The summed E-state index contributed by atoms with van der Waals surface area (Å²) < 4.78 is 1.92. The third-order valence-corrected chi connectivity index (χ3v) is 4.78. The van der Waals surface area contributed by atoms with Crippen LogP contribution in [0.15, 0.2) is 43.1 Å². The Kier molecular flexibility index (Phi) is 4.86. The fourth-order valence-corrected chi connectivity index (χ4v) is 3.45. The Morgan fingerprint density at radius 1 is 1.23 bits per heavy atom. The molecule has 1 saturated heterocycles. The van der Waals surface area contributed by atoms with Crippen LogP contribution in [-0.4, -0.2) is 42.8 Å². The summed E-state index contributed by atoms with van der Waals surface area (Å²) in [5, 5.41) is 4.24. The van der Waals surface area contributed by atoms with E-state index in [2.05, 4.69) is 37.9 Å². The molecule has 1 unspecified atom stereocenters. The summed E-state index contributed by atoms with van der Waals surface area (Å²) >= 11 is 0. The van der Waals surface area contributed by atoms with Crippen LogP contribution in [0.1, 0.15) is 25.5 Å². The second-order valence-electron chi connectivity index (χ2n) is 6.68. The van der Waals surface area contributed by atoms with Crippen molar-refractivity contribution in [2.45, 2.75) is 32.7 Å². The molecule has 0 aliphatic carbocycles. The first-order chi connectivity index (χ1) is 12.8. The van der Waals surface area contributed by atoms with Crippen LogP contribution in [0.2, 0.25) is 0 Å². The van der Waals surface area contributed by atoms with E-state index >= 15 is 0 Å². The van der Waals surface area contributed by atoms with Crippen LogP contribution in [0.4, 0.5) is 5.82 Å². The van der Waals surface area contributed by atoms with Gasteiger partial charge in [0.25, 0.3) is 0 Å². The number of aryl methyl sites for hydroxylation is 1. The Bertz CT molecular complexity index is 832. The molecule has 0 aromatic carbocycles. The maximum Gasteiger partial charge on any atom is 0.180 e. The highest BCUT2D eigenvalue weighted by Gasteiger charge is 2.22. The van der Waals surface area contributed by atoms with E-state index < -0.39 is 0 Å². The molecule has 0 spiro atoms. The van der Waals surface area contributed by atoms with Crippen LogP contribution in [0.5, 0.6) is 0 Å². The fraction of sp³-hybridized carbons (Fsp3) is 0.421. The van der Waals surface area contributed by atoms with Crippen LogP contribution >= 0.6 is 0 Å². The molecule has 1 fully saturated rings. The van der Waals surface area contributed by atoms with Crippen molar-refractivity contribution >= 4 is 5.82 Å². The minimum absolute atomic E-state index is 0.545. The summed E-state index contributed by atoms with van der Waals surface area (Å²) in [6.07, 6.45) is 8.41. The molecule has 7 nitrogen and oxygen atoms in total. The molecular weight excluding hydrogens is 326 g/mol. The van der Waals surface area contributed by atoms with Gasteiger partial charge in [-0.2, -0.15) is 5.10 Å². The van der Waals surface area contributed by atoms with Crippen molar-refractivity contribution in [3.05, 3.63) is 48.8 Å². The van der Waals surface area contributed by atoms with Gasteiger partial charge in [-0.1, -0.05) is 13.0 Å². The van der Waals surface area contributed by atoms with Gasteiger partial charge >= 0.3 is 0 Å². The standard InChI is InChI=1S/C19H23N7/c1-2-16-10-18(24-19(23-16)17-7-3-4-8-21-17)25-9-5-6-15(11-25)12-26-14-20-13-22-26/h3-4,7-8,10,13-15H,2,5-6,9,11-12H2,1H3. The van der Waals surface area contributed by atoms with E-state index in [1.165, 1.54) is 6.42 Å². The SMILES string of the molecule is CCc1cc(N2CCCC(Cn3cncn3)C2)nc(-c2ccccn2)n1. The molecule has 4 heterocycles. The van der Waals surface area contributed by atoms with E-state index in [4.69, 9.17) is 4.98 Å². The number of aromatic nitrogens is 6. The van der Waals surface area contributed by atoms with Gasteiger partial charge in [-0.15, -0.1) is 0 Å². The molecule has 0 amide bonds. The Balaban J connectivity index is 1.58. The summed E-state index contributed by atoms with van der Waals surface area (Å²) in [7, 11) is 0. The number of hydrogen-bond acceptors (Lipinski definition) is 6. The van der Waals surface area contributed by atoms with Crippen molar-refractivity contribution in [1.29, 1.82) is 0 Å². The van der Waals surface area contributed by atoms with Crippen LogP contribution < -0.4 is 4.90 Å². The topological polar surface area (TPSA) is 72.6 Å². The first-order valence-corrected chi connectivity index (χ1v) is 9.18. The number of nitrogens with zero attached hydrogens (tertiary/aromatic N) is 7. The molecule has 3 aromatic heterocycles. The highest BCUT2D eigenvalue weighted by atomic mass is 15.3. The largest absolute Gasteiger partial charge is 0.356 e. The molecule has 0 saturated carbocycles. The van der Waals surface area contributed by atoms with Crippen LogP contribution in [0.25, 0.3) is 11.5 Å². The summed E-state index contributed by atoms with van der Waals surface area (Å²) in [5.74, 6) is 2.25. The van der Waals surface area contributed by atoms with Crippen molar-refractivity contribution in [2.24, 2.45) is 5.92 Å². The second-order valence-corrected chi connectivity index (χ2v) is 6.68. The molecule has 26 heavy (non-hydrogen) atoms. The number of hydrogen-bond donors (Lipinski definition) is 0. The smallest absolute Gasteiger partial charge is 0.180 e. The molecular formula is C19H23N7.